The molecule has 0 saturated carbocycles. The molecule has 0 spiro atoms. The molecule has 1 unspecified atom stereocenters. The molecule has 0 aliphatic heterocycles. The monoisotopic (exact) mass is 222 g/mol. The molecular weight excluding hydrogens is 203 g/mol. The van der Waals surface area contributed by atoms with Crippen LogP contribution in [0.4, 0.5) is 0 Å². The smallest absolute Gasteiger partial charge is 0.0692 e. The van der Waals surface area contributed by atoms with E-state index in [1.54, 1.807) is 0 Å². The van der Waals surface area contributed by atoms with Crippen molar-refractivity contribution in [2.24, 2.45) is 0 Å². The first-order valence-corrected chi connectivity index (χ1v) is 6.41. The lowest BCUT2D eigenvalue weighted by Gasteiger charge is -2.30. The molecule has 0 bridgehead atoms. The predicted molar refractivity (Wildman–Crippen MR) is 68.9 cm³/mol. The molecule has 0 heterocycles. The van der Waals surface area contributed by atoms with Gasteiger partial charge in [-0.3, -0.25) is 0 Å². The van der Waals surface area contributed by atoms with Gasteiger partial charge in [-0.15, -0.1) is 6.58 Å². The largest absolute Gasteiger partial charge is 0.350 e. The number of hydrogen-bond acceptors (Lipinski definition) is 1. The van der Waals surface area contributed by atoms with Crippen molar-refractivity contribution in [2.75, 3.05) is 6.61 Å². The predicted octanol–water partition coefficient (Wildman–Crippen LogP) is 3.71. The van der Waals surface area contributed by atoms with Crippen molar-refractivity contribution in [2.45, 2.75) is 25.9 Å². The Bertz CT molecular complexity index is 300. The van der Waals surface area contributed by atoms with Crippen molar-refractivity contribution < 1.29 is 4.52 Å². The van der Waals surface area contributed by atoms with E-state index in [1.807, 2.05) is 12.1 Å². The molecule has 1 atom stereocenters. The molecule has 15 heavy (non-hydrogen) atoms. The van der Waals surface area contributed by atoms with Gasteiger partial charge in [0.25, 0.3) is 0 Å². The van der Waals surface area contributed by atoms with Crippen molar-refractivity contribution in [3.63, 3.8) is 0 Å². The van der Waals surface area contributed by atoms with E-state index in [9.17, 15) is 0 Å². The molecule has 1 aromatic rings. The quantitative estimate of drug-likeness (QED) is 0.557. The lowest BCUT2D eigenvalue weighted by Crippen LogP contribution is -2.20. The van der Waals surface area contributed by atoms with E-state index in [0.29, 0.717) is 6.61 Å². The van der Waals surface area contributed by atoms with E-state index >= 15 is 0 Å². The summed E-state index contributed by atoms with van der Waals surface area (Å²) < 4.78 is 5.89. The topological polar surface area (TPSA) is 9.23 Å². The fraction of sp³-hybridized carbons (Fsp3) is 0.385. The normalized spacial score (nSPS) is 13.5. The maximum absolute atomic E-state index is 5.89. The van der Waals surface area contributed by atoms with Crippen LogP contribution in [0.3, 0.4) is 0 Å². The van der Waals surface area contributed by atoms with Crippen molar-refractivity contribution in [3.8, 4) is 0 Å². The highest BCUT2D eigenvalue weighted by atomic mass is 31.1. The third kappa shape index (κ3) is 3.77. The molecule has 1 nitrogen and oxygen atoms in total. The van der Waals surface area contributed by atoms with E-state index in [0.717, 1.165) is 0 Å². The Kier molecular flexibility index (Phi) is 4.50. The minimum atomic E-state index is -0.574. The average molecular weight is 222 g/mol. The van der Waals surface area contributed by atoms with Crippen LogP contribution >= 0.6 is 8.15 Å². The molecule has 2 heteroatoms. The molecule has 0 saturated heterocycles. The van der Waals surface area contributed by atoms with E-state index in [-0.39, 0.29) is 5.16 Å². The second kappa shape index (κ2) is 5.44. The van der Waals surface area contributed by atoms with Crippen molar-refractivity contribution in [1.29, 1.82) is 0 Å². The highest BCUT2D eigenvalue weighted by Gasteiger charge is 2.26. The zero-order valence-corrected chi connectivity index (χ0v) is 10.6. The van der Waals surface area contributed by atoms with Crippen LogP contribution in [0.15, 0.2) is 43.0 Å². The van der Waals surface area contributed by atoms with Gasteiger partial charge in [0, 0.05) is 10.5 Å². The van der Waals surface area contributed by atoms with Gasteiger partial charge in [-0.2, -0.15) is 0 Å². The third-order valence-corrected chi connectivity index (χ3v) is 4.31. The van der Waals surface area contributed by atoms with Gasteiger partial charge >= 0.3 is 0 Å². The molecule has 0 aliphatic carbocycles. The molecule has 1 rings (SSSR count). The maximum Gasteiger partial charge on any atom is 0.0692 e. The Hall–Kier alpha value is -0.650. The molecular formula is C13H19OP. The minimum absolute atomic E-state index is 0.166. The molecule has 0 amide bonds. The highest BCUT2D eigenvalue weighted by molar-refractivity contribution is 7.62. The lowest BCUT2D eigenvalue weighted by atomic mass is 10.3. The Morgan fingerprint density at radius 2 is 1.87 bits per heavy atom. The van der Waals surface area contributed by atoms with Crippen LogP contribution < -0.4 is 5.30 Å². The Morgan fingerprint density at radius 3 is 2.33 bits per heavy atom. The van der Waals surface area contributed by atoms with Crippen molar-refractivity contribution in [3.05, 3.63) is 43.0 Å². The van der Waals surface area contributed by atoms with Crippen molar-refractivity contribution in [1.82, 2.24) is 0 Å². The molecule has 0 aromatic heterocycles. The summed E-state index contributed by atoms with van der Waals surface area (Å²) in [5.41, 5.74) is 0. The Labute approximate surface area is 94.0 Å². The number of rotatable bonds is 4. The van der Waals surface area contributed by atoms with E-state index in [2.05, 4.69) is 51.6 Å². The van der Waals surface area contributed by atoms with Gasteiger partial charge < -0.3 is 4.52 Å². The summed E-state index contributed by atoms with van der Waals surface area (Å²) in [6, 6.07) is 10.4. The summed E-state index contributed by atoms with van der Waals surface area (Å²) in [6.07, 6.45) is 1.81. The second-order valence-corrected chi connectivity index (χ2v) is 7.09. The molecule has 82 valence electrons. The van der Waals surface area contributed by atoms with Crippen LogP contribution in [-0.4, -0.2) is 11.8 Å². The fourth-order valence-electron chi connectivity index (χ4n) is 1.35. The van der Waals surface area contributed by atoms with Crippen LogP contribution in [0.2, 0.25) is 0 Å². The molecule has 0 aliphatic rings. The number of benzene rings is 1. The van der Waals surface area contributed by atoms with Gasteiger partial charge in [0.1, 0.15) is 0 Å². The van der Waals surface area contributed by atoms with Crippen LogP contribution in [0.25, 0.3) is 0 Å². The standard InChI is InChI=1S/C13H19OP/c1-5-11-14-15(13(2,3)4)12-9-7-6-8-10-12/h5-10H,1,11H2,2-4H3. The highest BCUT2D eigenvalue weighted by Crippen LogP contribution is 2.49. The van der Waals surface area contributed by atoms with Crippen LogP contribution in [0, 0.1) is 0 Å². The average Bonchev–Trinajstić information content (AvgIpc) is 2.18. The number of hydrogen-bond donors (Lipinski definition) is 0. The molecule has 0 N–H and O–H groups in total. The van der Waals surface area contributed by atoms with Crippen LogP contribution in [0.1, 0.15) is 20.8 Å². The summed E-state index contributed by atoms with van der Waals surface area (Å²) >= 11 is 0. The first kappa shape index (κ1) is 12.4. The molecule has 0 radical (unpaired) electrons. The maximum atomic E-state index is 5.89. The van der Waals surface area contributed by atoms with Gasteiger partial charge in [0.05, 0.1) is 14.8 Å². The van der Waals surface area contributed by atoms with Crippen LogP contribution in [-0.2, 0) is 4.52 Å². The lowest BCUT2D eigenvalue weighted by molar-refractivity contribution is 0.395. The summed E-state index contributed by atoms with van der Waals surface area (Å²) in [7, 11) is -0.574. The summed E-state index contributed by atoms with van der Waals surface area (Å²) in [4.78, 5) is 0. The minimum Gasteiger partial charge on any atom is -0.350 e. The first-order valence-electron chi connectivity index (χ1n) is 5.15. The van der Waals surface area contributed by atoms with Gasteiger partial charge in [0.15, 0.2) is 0 Å². The van der Waals surface area contributed by atoms with Crippen LogP contribution in [0.5, 0.6) is 0 Å². The SMILES string of the molecule is C=CCOP(c1ccccc1)C(C)(C)C. The van der Waals surface area contributed by atoms with E-state index in [1.165, 1.54) is 5.30 Å². The van der Waals surface area contributed by atoms with Gasteiger partial charge in [0.2, 0.25) is 0 Å². The summed E-state index contributed by atoms with van der Waals surface area (Å²) in [5.74, 6) is 0. The molecule has 0 fully saturated rings. The first-order chi connectivity index (χ1) is 7.05. The fourth-order valence-corrected chi connectivity index (χ4v) is 3.35. The second-order valence-electron chi connectivity index (χ2n) is 4.39. The van der Waals surface area contributed by atoms with Gasteiger partial charge in [-0.1, -0.05) is 57.2 Å². The molecule has 1 aromatic carbocycles. The van der Waals surface area contributed by atoms with Gasteiger partial charge in [-0.25, -0.2) is 0 Å². The zero-order chi connectivity index (χ0) is 11.3. The van der Waals surface area contributed by atoms with Gasteiger partial charge in [-0.05, 0) is 0 Å². The van der Waals surface area contributed by atoms with E-state index < -0.39 is 8.15 Å². The Morgan fingerprint density at radius 1 is 1.27 bits per heavy atom. The Balaban J connectivity index is 2.86. The third-order valence-electron chi connectivity index (χ3n) is 1.92. The summed E-state index contributed by atoms with van der Waals surface area (Å²) in [6.45, 7) is 11.0. The van der Waals surface area contributed by atoms with Crippen molar-refractivity contribution >= 4 is 13.5 Å². The zero-order valence-electron chi connectivity index (χ0n) is 9.73. The summed E-state index contributed by atoms with van der Waals surface area (Å²) in [5, 5.41) is 1.46. The van der Waals surface area contributed by atoms with E-state index in [4.69, 9.17) is 4.52 Å².